The fourth-order valence-electron chi connectivity index (χ4n) is 1.93. The Labute approximate surface area is 98.4 Å². The van der Waals surface area contributed by atoms with Crippen LogP contribution in [0.25, 0.3) is 22.0 Å². The van der Waals surface area contributed by atoms with E-state index in [1.165, 1.54) is 16.3 Å². The highest BCUT2D eigenvalue weighted by atomic mass is 32.1. The van der Waals surface area contributed by atoms with Crippen LogP contribution in [0, 0.1) is 6.92 Å². The molecule has 3 aromatic rings. The molecule has 0 unspecified atom stereocenters. The molecule has 1 nitrogen and oxygen atoms in total. The van der Waals surface area contributed by atoms with Crippen molar-refractivity contribution in [1.82, 2.24) is 4.98 Å². The second kappa shape index (κ2) is 3.72. The van der Waals surface area contributed by atoms with Crippen molar-refractivity contribution in [3.05, 3.63) is 52.9 Å². The van der Waals surface area contributed by atoms with E-state index >= 15 is 0 Å². The van der Waals surface area contributed by atoms with Crippen molar-refractivity contribution in [2.24, 2.45) is 0 Å². The lowest BCUT2D eigenvalue weighted by molar-refractivity contribution is 1.24. The number of hydrogen-bond acceptors (Lipinski definition) is 2. The minimum absolute atomic E-state index is 1.07. The van der Waals surface area contributed by atoms with Gasteiger partial charge in [0, 0.05) is 22.0 Å². The Morgan fingerprint density at radius 2 is 2.00 bits per heavy atom. The molecule has 0 radical (unpaired) electrons. The van der Waals surface area contributed by atoms with Gasteiger partial charge in [-0.1, -0.05) is 24.3 Å². The van der Waals surface area contributed by atoms with Crippen molar-refractivity contribution in [2.75, 3.05) is 0 Å². The molecule has 0 N–H and O–H groups in total. The van der Waals surface area contributed by atoms with Crippen LogP contribution in [0.5, 0.6) is 0 Å². The highest BCUT2D eigenvalue weighted by Gasteiger charge is 2.04. The molecule has 2 aromatic heterocycles. The molecular weight excluding hydrogens is 214 g/mol. The fourth-order valence-corrected chi connectivity index (χ4v) is 2.58. The van der Waals surface area contributed by atoms with Gasteiger partial charge in [0.25, 0.3) is 0 Å². The second-order valence-electron chi connectivity index (χ2n) is 3.83. The van der Waals surface area contributed by atoms with E-state index in [1.807, 2.05) is 0 Å². The minimum atomic E-state index is 1.07. The van der Waals surface area contributed by atoms with Crippen molar-refractivity contribution in [3.8, 4) is 11.3 Å². The molecule has 0 bridgehead atoms. The van der Waals surface area contributed by atoms with E-state index < -0.39 is 0 Å². The highest BCUT2D eigenvalue weighted by Crippen LogP contribution is 2.25. The SMILES string of the molecule is Cc1nc(-c2ccsc2)cc2ccccc12. The van der Waals surface area contributed by atoms with Gasteiger partial charge < -0.3 is 0 Å². The Hall–Kier alpha value is -1.67. The average molecular weight is 225 g/mol. The first-order chi connectivity index (χ1) is 7.84. The Morgan fingerprint density at radius 3 is 2.81 bits per heavy atom. The van der Waals surface area contributed by atoms with Gasteiger partial charge in [0.2, 0.25) is 0 Å². The fraction of sp³-hybridized carbons (Fsp3) is 0.0714. The third-order valence-electron chi connectivity index (χ3n) is 2.75. The van der Waals surface area contributed by atoms with E-state index in [0.29, 0.717) is 0 Å². The lowest BCUT2D eigenvalue weighted by Crippen LogP contribution is -1.87. The topological polar surface area (TPSA) is 12.9 Å². The van der Waals surface area contributed by atoms with Gasteiger partial charge in [0.15, 0.2) is 0 Å². The van der Waals surface area contributed by atoms with Crippen LogP contribution in [0.4, 0.5) is 0 Å². The summed E-state index contributed by atoms with van der Waals surface area (Å²) in [6, 6.07) is 12.7. The van der Waals surface area contributed by atoms with Crippen LogP contribution in [-0.4, -0.2) is 4.98 Å². The summed E-state index contributed by atoms with van der Waals surface area (Å²) in [5.74, 6) is 0. The normalized spacial score (nSPS) is 10.8. The predicted molar refractivity (Wildman–Crippen MR) is 69.8 cm³/mol. The Morgan fingerprint density at radius 1 is 1.12 bits per heavy atom. The van der Waals surface area contributed by atoms with Gasteiger partial charge in [-0.25, -0.2) is 0 Å². The zero-order valence-electron chi connectivity index (χ0n) is 8.97. The van der Waals surface area contributed by atoms with Gasteiger partial charge in [0.1, 0.15) is 0 Å². The van der Waals surface area contributed by atoms with Crippen molar-refractivity contribution in [2.45, 2.75) is 6.92 Å². The quantitative estimate of drug-likeness (QED) is 0.602. The first-order valence-electron chi connectivity index (χ1n) is 5.23. The third-order valence-corrected chi connectivity index (χ3v) is 3.43. The maximum Gasteiger partial charge on any atom is 0.0719 e. The zero-order chi connectivity index (χ0) is 11.0. The zero-order valence-corrected chi connectivity index (χ0v) is 9.79. The molecule has 0 aliphatic rings. The Bertz CT molecular complexity index is 626. The van der Waals surface area contributed by atoms with E-state index in [1.54, 1.807) is 11.3 Å². The summed E-state index contributed by atoms with van der Waals surface area (Å²) in [5, 5.41) is 6.72. The molecule has 0 spiro atoms. The molecule has 2 heteroatoms. The summed E-state index contributed by atoms with van der Waals surface area (Å²) in [6.45, 7) is 2.07. The van der Waals surface area contributed by atoms with E-state index in [4.69, 9.17) is 0 Å². The maximum absolute atomic E-state index is 4.65. The largest absolute Gasteiger partial charge is 0.252 e. The maximum atomic E-state index is 4.65. The van der Waals surface area contributed by atoms with Crippen molar-refractivity contribution in [3.63, 3.8) is 0 Å². The first-order valence-corrected chi connectivity index (χ1v) is 6.18. The first kappa shape index (κ1) is 9.55. The van der Waals surface area contributed by atoms with Crippen molar-refractivity contribution < 1.29 is 0 Å². The summed E-state index contributed by atoms with van der Waals surface area (Å²) >= 11 is 1.71. The van der Waals surface area contributed by atoms with Gasteiger partial charge in [-0.3, -0.25) is 4.98 Å². The summed E-state index contributed by atoms with van der Waals surface area (Å²) in [6.07, 6.45) is 0. The van der Waals surface area contributed by atoms with E-state index in [2.05, 4.69) is 59.1 Å². The highest BCUT2D eigenvalue weighted by molar-refractivity contribution is 7.08. The number of hydrogen-bond donors (Lipinski definition) is 0. The number of pyridine rings is 1. The van der Waals surface area contributed by atoms with E-state index in [9.17, 15) is 0 Å². The molecule has 0 amide bonds. The van der Waals surface area contributed by atoms with Crippen LogP contribution in [0.3, 0.4) is 0 Å². The smallest absolute Gasteiger partial charge is 0.0719 e. The van der Waals surface area contributed by atoms with Gasteiger partial charge in [-0.15, -0.1) is 0 Å². The van der Waals surface area contributed by atoms with Crippen LogP contribution in [0.2, 0.25) is 0 Å². The molecule has 1 aromatic carbocycles. The van der Waals surface area contributed by atoms with E-state index in [0.717, 1.165) is 11.4 Å². The average Bonchev–Trinajstić information content (AvgIpc) is 2.82. The van der Waals surface area contributed by atoms with Crippen LogP contribution in [0.15, 0.2) is 47.2 Å². The molecule has 0 saturated carbocycles. The van der Waals surface area contributed by atoms with Crippen LogP contribution < -0.4 is 0 Å². The molecule has 0 atom stereocenters. The van der Waals surface area contributed by atoms with Gasteiger partial charge in [-0.2, -0.15) is 11.3 Å². The lowest BCUT2D eigenvalue weighted by atomic mass is 10.1. The predicted octanol–water partition coefficient (Wildman–Crippen LogP) is 4.27. The Balaban J connectivity index is 2.29. The van der Waals surface area contributed by atoms with Crippen LogP contribution >= 0.6 is 11.3 Å². The molecule has 3 rings (SSSR count). The number of aryl methyl sites for hydroxylation is 1. The molecular formula is C14H11NS. The Kier molecular flexibility index (Phi) is 2.22. The van der Waals surface area contributed by atoms with E-state index in [-0.39, 0.29) is 0 Å². The number of fused-ring (bicyclic) bond motifs is 1. The van der Waals surface area contributed by atoms with Gasteiger partial charge >= 0.3 is 0 Å². The van der Waals surface area contributed by atoms with Crippen LogP contribution in [0.1, 0.15) is 5.69 Å². The minimum Gasteiger partial charge on any atom is -0.252 e. The van der Waals surface area contributed by atoms with Gasteiger partial charge in [0.05, 0.1) is 5.69 Å². The molecule has 78 valence electrons. The lowest BCUT2D eigenvalue weighted by Gasteiger charge is -2.04. The molecule has 2 heterocycles. The standard InChI is InChI=1S/C14H11NS/c1-10-13-5-3-2-4-11(13)8-14(15-10)12-6-7-16-9-12/h2-9H,1H3. The number of benzene rings is 1. The van der Waals surface area contributed by atoms with Crippen molar-refractivity contribution in [1.29, 1.82) is 0 Å². The summed E-state index contributed by atoms with van der Waals surface area (Å²) in [7, 11) is 0. The molecule has 0 fully saturated rings. The van der Waals surface area contributed by atoms with Crippen LogP contribution in [-0.2, 0) is 0 Å². The number of thiophene rings is 1. The van der Waals surface area contributed by atoms with Gasteiger partial charge in [-0.05, 0) is 29.8 Å². The summed E-state index contributed by atoms with van der Waals surface area (Å²) in [4.78, 5) is 4.65. The molecule has 0 aliphatic heterocycles. The summed E-state index contributed by atoms with van der Waals surface area (Å²) < 4.78 is 0. The van der Waals surface area contributed by atoms with Crippen molar-refractivity contribution >= 4 is 22.1 Å². The summed E-state index contributed by atoms with van der Waals surface area (Å²) in [5.41, 5.74) is 3.37. The number of nitrogens with zero attached hydrogens (tertiary/aromatic N) is 1. The third kappa shape index (κ3) is 1.51. The molecule has 0 aliphatic carbocycles. The molecule has 0 saturated heterocycles. The number of aromatic nitrogens is 1. The number of rotatable bonds is 1. The monoisotopic (exact) mass is 225 g/mol. The second-order valence-corrected chi connectivity index (χ2v) is 4.61. The molecule has 16 heavy (non-hydrogen) atoms.